The van der Waals surface area contributed by atoms with Gasteiger partial charge in [0.1, 0.15) is 0 Å². The predicted molar refractivity (Wildman–Crippen MR) is 80.3 cm³/mol. The first-order valence-electron chi connectivity index (χ1n) is 7.53. The van der Waals surface area contributed by atoms with E-state index in [4.69, 9.17) is 0 Å². The lowest BCUT2D eigenvalue weighted by molar-refractivity contribution is 0.107. The second-order valence-corrected chi connectivity index (χ2v) is 5.98. The van der Waals surface area contributed by atoms with Crippen LogP contribution in [0.1, 0.15) is 39.3 Å². The minimum Gasteiger partial charge on any atom is -0.312 e. The second-order valence-electron chi connectivity index (χ2n) is 5.98. The molecule has 1 aromatic heterocycles. The van der Waals surface area contributed by atoms with Crippen LogP contribution in [0.15, 0.2) is 24.4 Å². The Morgan fingerprint density at radius 3 is 2.63 bits per heavy atom. The highest BCUT2D eigenvalue weighted by atomic mass is 15.2. The standard InChI is InChI=1S/C16H27N3/c1-4-17-15(13-14-9-5-6-10-18-14)16(2,3)19-11-7-8-12-19/h5-6,9-10,15,17H,4,7-8,11-13H2,1-3H3. The summed E-state index contributed by atoms with van der Waals surface area (Å²) in [5.74, 6) is 0. The molecular weight excluding hydrogens is 234 g/mol. The molecule has 0 saturated carbocycles. The molecule has 3 heteroatoms. The lowest BCUT2D eigenvalue weighted by Gasteiger charge is -2.42. The molecule has 0 aromatic carbocycles. The van der Waals surface area contributed by atoms with Gasteiger partial charge in [-0.25, -0.2) is 0 Å². The molecule has 1 aliphatic heterocycles. The lowest BCUT2D eigenvalue weighted by Crippen LogP contribution is -2.57. The van der Waals surface area contributed by atoms with Gasteiger partial charge in [0.25, 0.3) is 0 Å². The largest absolute Gasteiger partial charge is 0.312 e. The molecule has 1 saturated heterocycles. The Morgan fingerprint density at radius 2 is 2.05 bits per heavy atom. The zero-order valence-electron chi connectivity index (χ0n) is 12.5. The van der Waals surface area contributed by atoms with Crippen molar-refractivity contribution in [3.05, 3.63) is 30.1 Å². The van der Waals surface area contributed by atoms with Crippen LogP contribution in [-0.2, 0) is 6.42 Å². The molecule has 0 bridgehead atoms. The minimum absolute atomic E-state index is 0.185. The Labute approximate surface area is 117 Å². The maximum Gasteiger partial charge on any atom is 0.0419 e. The molecule has 1 fully saturated rings. The van der Waals surface area contributed by atoms with Crippen molar-refractivity contribution in [2.75, 3.05) is 19.6 Å². The summed E-state index contributed by atoms with van der Waals surface area (Å²) in [6.45, 7) is 10.4. The summed E-state index contributed by atoms with van der Waals surface area (Å²) in [5.41, 5.74) is 1.37. The summed E-state index contributed by atoms with van der Waals surface area (Å²) in [4.78, 5) is 7.11. The van der Waals surface area contributed by atoms with E-state index in [9.17, 15) is 0 Å². The zero-order valence-corrected chi connectivity index (χ0v) is 12.5. The number of nitrogens with one attached hydrogen (secondary N) is 1. The van der Waals surface area contributed by atoms with Crippen molar-refractivity contribution in [1.29, 1.82) is 0 Å². The molecule has 1 unspecified atom stereocenters. The molecular formula is C16H27N3. The first-order chi connectivity index (χ1) is 9.14. The van der Waals surface area contributed by atoms with E-state index in [2.05, 4.69) is 48.1 Å². The summed E-state index contributed by atoms with van der Waals surface area (Å²) in [5, 5.41) is 3.67. The molecule has 0 amide bonds. The van der Waals surface area contributed by atoms with Gasteiger partial charge in [-0.3, -0.25) is 9.88 Å². The molecule has 1 aliphatic rings. The van der Waals surface area contributed by atoms with Crippen LogP contribution in [0.3, 0.4) is 0 Å². The Bertz CT molecular complexity index is 369. The highest BCUT2D eigenvalue weighted by molar-refractivity contribution is 5.09. The van der Waals surface area contributed by atoms with E-state index in [1.165, 1.54) is 31.6 Å². The van der Waals surface area contributed by atoms with Crippen LogP contribution < -0.4 is 5.32 Å². The number of likely N-dealkylation sites (N-methyl/N-ethyl adjacent to an activating group) is 1. The van der Waals surface area contributed by atoms with Gasteiger partial charge in [0.2, 0.25) is 0 Å². The van der Waals surface area contributed by atoms with Gasteiger partial charge >= 0.3 is 0 Å². The summed E-state index contributed by atoms with van der Waals surface area (Å²) in [6, 6.07) is 6.64. The summed E-state index contributed by atoms with van der Waals surface area (Å²) in [6.07, 6.45) is 5.57. The molecule has 1 atom stereocenters. The molecule has 2 rings (SSSR count). The van der Waals surface area contributed by atoms with Crippen LogP contribution >= 0.6 is 0 Å². The van der Waals surface area contributed by atoms with Crippen molar-refractivity contribution < 1.29 is 0 Å². The molecule has 3 nitrogen and oxygen atoms in total. The molecule has 1 aromatic rings. The number of hydrogen-bond donors (Lipinski definition) is 1. The van der Waals surface area contributed by atoms with E-state index in [1.807, 2.05) is 12.3 Å². The van der Waals surface area contributed by atoms with Gasteiger partial charge in [-0.05, 0) is 58.5 Å². The highest BCUT2D eigenvalue weighted by Crippen LogP contribution is 2.26. The van der Waals surface area contributed by atoms with Crippen LogP contribution in [0.25, 0.3) is 0 Å². The van der Waals surface area contributed by atoms with Gasteiger partial charge in [0.15, 0.2) is 0 Å². The third kappa shape index (κ3) is 3.54. The first-order valence-corrected chi connectivity index (χ1v) is 7.53. The third-order valence-corrected chi connectivity index (χ3v) is 4.36. The van der Waals surface area contributed by atoms with Crippen LogP contribution in [0.4, 0.5) is 0 Å². The van der Waals surface area contributed by atoms with Gasteiger partial charge in [-0.2, -0.15) is 0 Å². The zero-order chi connectivity index (χ0) is 13.7. The topological polar surface area (TPSA) is 28.2 Å². The van der Waals surface area contributed by atoms with Crippen molar-refractivity contribution in [2.24, 2.45) is 0 Å². The first kappa shape index (κ1) is 14.5. The molecule has 106 valence electrons. The molecule has 0 aliphatic carbocycles. The Balaban J connectivity index is 2.09. The van der Waals surface area contributed by atoms with Crippen molar-refractivity contribution in [2.45, 2.75) is 51.6 Å². The molecule has 0 radical (unpaired) electrons. The van der Waals surface area contributed by atoms with Crippen LogP contribution in [0.2, 0.25) is 0 Å². The molecule has 1 N–H and O–H groups in total. The van der Waals surface area contributed by atoms with Gasteiger partial charge in [0, 0.05) is 29.9 Å². The SMILES string of the molecule is CCNC(Cc1ccccn1)C(C)(C)N1CCCC1. The predicted octanol–water partition coefficient (Wildman–Crippen LogP) is 2.48. The smallest absolute Gasteiger partial charge is 0.0419 e. The van der Waals surface area contributed by atoms with Crippen LogP contribution in [0.5, 0.6) is 0 Å². The van der Waals surface area contributed by atoms with Crippen molar-refractivity contribution in [3.63, 3.8) is 0 Å². The Hall–Kier alpha value is -0.930. The minimum atomic E-state index is 0.185. The maximum atomic E-state index is 4.48. The van der Waals surface area contributed by atoms with E-state index in [-0.39, 0.29) is 5.54 Å². The van der Waals surface area contributed by atoms with E-state index >= 15 is 0 Å². The fourth-order valence-corrected chi connectivity index (χ4v) is 3.06. The number of rotatable bonds is 6. The maximum absolute atomic E-state index is 4.48. The number of likely N-dealkylation sites (tertiary alicyclic amines) is 1. The summed E-state index contributed by atoms with van der Waals surface area (Å²) >= 11 is 0. The fourth-order valence-electron chi connectivity index (χ4n) is 3.06. The number of aromatic nitrogens is 1. The lowest BCUT2D eigenvalue weighted by atomic mass is 9.89. The summed E-state index contributed by atoms with van der Waals surface area (Å²) in [7, 11) is 0. The highest BCUT2D eigenvalue weighted by Gasteiger charge is 2.36. The van der Waals surface area contributed by atoms with E-state index < -0.39 is 0 Å². The van der Waals surface area contributed by atoms with Gasteiger partial charge < -0.3 is 5.32 Å². The second kappa shape index (κ2) is 6.49. The van der Waals surface area contributed by atoms with Crippen LogP contribution in [0, 0.1) is 0 Å². The fraction of sp³-hybridized carbons (Fsp3) is 0.688. The third-order valence-electron chi connectivity index (χ3n) is 4.36. The van der Waals surface area contributed by atoms with Crippen molar-refractivity contribution in [1.82, 2.24) is 15.2 Å². The number of hydrogen-bond acceptors (Lipinski definition) is 3. The Morgan fingerprint density at radius 1 is 1.32 bits per heavy atom. The van der Waals surface area contributed by atoms with Gasteiger partial charge in [0.05, 0.1) is 0 Å². The number of pyridine rings is 1. The number of nitrogens with zero attached hydrogens (tertiary/aromatic N) is 2. The molecule has 0 spiro atoms. The molecule has 2 heterocycles. The van der Waals surface area contributed by atoms with Crippen molar-refractivity contribution >= 4 is 0 Å². The van der Waals surface area contributed by atoms with E-state index in [0.29, 0.717) is 6.04 Å². The van der Waals surface area contributed by atoms with Crippen molar-refractivity contribution in [3.8, 4) is 0 Å². The van der Waals surface area contributed by atoms with E-state index in [0.717, 1.165) is 13.0 Å². The van der Waals surface area contributed by atoms with Gasteiger partial charge in [-0.15, -0.1) is 0 Å². The van der Waals surface area contributed by atoms with Gasteiger partial charge in [-0.1, -0.05) is 13.0 Å². The normalized spacial score (nSPS) is 18.7. The monoisotopic (exact) mass is 261 g/mol. The summed E-state index contributed by atoms with van der Waals surface area (Å²) < 4.78 is 0. The van der Waals surface area contributed by atoms with E-state index in [1.54, 1.807) is 0 Å². The quantitative estimate of drug-likeness (QED) is 0.852. The van der Waals surface area contributed by atoms with Crippen LogP contribution in [-0.4, -0.2) is 41.1 Å². The average Bonchev–Trinajstić information content (AvgIpc) is 2.94. The molecule has 19 heavy (non-hydrogen) atoms. The Kier molecular flexibility index (Phi) is 4.94. The average molecular weight is 261 g/mol.